The zero-order valence-corrected chi connectivity index (χ0v) is 23.0. The molecule has 40 heavy (non-hydrogen) atoms. The van der Waals surface area contributed by atoms with Gasteiger partial charge in [0.15, 0.2) is 16.1 Å². The fourth-order valence-electron chi connectivity index (χ4n) is 4.76. The Balaban J connectivity index is 1.24. The van der Waals surface area contributed by atoms with E-state index in [1.165, 1.54) is 23.1 Å². The SMILES string of the molecule is Cc1ccc2nc(NC(=O)CSc3nnc(-c4ccc5ncccc5c4)n3-c3cccc4ccccc34)sc2c1. The molecule has 3 aromatic heterocycles. The number of fused-ring (bicyclic) bond motifs is 3. The summed E-state index contributed by atoms with van der Waals surface area (Å²) in [5.41, 5.74) is 4.83. The first-order valence-electron chi connectivity index (χ1n) is 12.7. The number of nitrogens with zero attached hydrogens (tertiary/aromatic N) is 5. The summed E-state index contributed by atoms with van der Waals surface area (Å²) in [6.45, 7) is 2.04. The van der Waals surface area contributed by atoms with Crippen molar-refractivity contribution in [1.29, 1.82) is 0 Å². The lowest BCUT2D eigenvalue weighted by molar-refractivity contribution is -0.113. The highest BCUT2D eigenvalue weighted by Gasteiger charge is 2.20. The van der Waals surface area contributed by atoms with Crippen molar-refractivity contribution in [1.82, 2.24) is 24.7 Å². The predicted molar refractivity (Wildman–Crippen MR) is 163 cm³/mol. The van der Waals surface area contributed by atoms with Gasteiger partial charge in [-0.15, -0.1) is 10.2 Å². The molecule has 194 valence electrons. The lowest BCUT2D eigenvalue weighted by Crippen LogP contribution is -2.14. The molecule has 1 amide bonds. The van der Waals surface area contributed by atoms with Gasteiger partial charge in [0.2, 0.25) is 5.91 Å². The first kappa shape index (κ1) is 24.4. The van der Waals surface area contributed by atoms with Gasteiger partial charge in [-0.1, -0.05) is 71.6 Å². The van der Waals surface area contributed by atoms with E-state index in [1.54, 1.807) is 6.20 Å². The Morgan fingerprint density at radius 3 is 2.70 bits per heavy atom. The van der Waals surface area contributed by atoms with Gasteiger partial charge in [-0.3, -0.25) is 14.3 Å². The highest BCUT2D eigenvalue weighted by Crippen LogP contribution is 2.33. The summed E-state index contributed by atoms with van der Waals surface area (Å²) >= 11 is 2.82. The number of carbonyl (C=O) groups is 1. The number of anilines is 1. The van der Waals surface area contributed by atoms with E-state index in [0.717, 1.165) is 48.7 Å². The number of amides is 1. The third-order valence-corrected chi connectivity index (χ3v) is 8.49. The Labute approximate surface area is 237 Å². The molecule has 3 heterocycles. The van der Waals surface area contributed by atoms with Gasteiger partial charge < -0.3 is 5.32 Å². The summed E-state index contributed by atoms with van der Waals surface area (Å²) in [5, 5.41) is 16.5. The standard InChI is InChI=1S/C31H22N6OS2/c1-19-11-13-25-27(16-19)40-30(33-25)34-28(38)18-39-31-36-35-29(22-12-14-24-21(17-22)8-5-15-32-24)37(31)26-10-4-7-20-6-2-3-9-23(20)26/h2-17H,18H2,1H3,(H,33,34,38). The second kappa shape index (κ2) is 10.2. The van der Waals surface area contributed by atoms with Crippen LogP contribution in [0.4, 0.5) is 5.13 Å². The van der Waals surface area contributed by atoms with Crippen molar-refractivity contribution in [2.24, 2.45) is 0 Å². The lowest BCUT2D eigenvalue weighted by Gasteiger charge is -2.13. The third-order valence-electron chi connectivity index (χ3n) is 6.62. The summed E-state index contributed by atoms with van der Waals surface area (Å²) in [5.74, 6) is 0.720. The fraction of sp³-hybridized carbons (Fsp3) is 0.0645. The zero-order valence-electron chi connectivity index (χ0n) is 21.4. The largest absolute Gasteiger partial charge is 0.301 e. The number of rotatable bonds is 6. The van der Waals surface area contributed by atoms with Crippen molar-refractivity contribution in [2.75, 3.05) is 11.1 Å². The molecule has 0 atom stereocenters. The van der Waals surface area contributed by atoms with Gasteiger partial charge >= 0.3 is 0 Å². The number of hydrogen-bond acceptors (Lipinski definition) is 7. The number of thioether (sulfide) groups is 1. The van der Waals surface area contributed by atoms with Crippen LogP contribution in [-0.2, 0) is 4.79 Å². The maximum atomic E-state index is 13.0. The Bertz CT molecular complexity index is 2040. The summed E-state index contributed by atoms with van der Waals surface area (Å²) in [4.78, 5) is 22.0. The number of aromatic nitrogens is 5. The average molecular weight is 559 g/mol. The van der Waals surface area contributed by atoms with Crippen LogP contribution in [0.25, 0.3) is 49.0 Å². The van der Waals surface area contributed by atoms with Gasteiger partial charge in [0.05, 0.1) is 27.2 Å². The molecule has 0 spiro atoms. The van der Waals surface area contributed by atoms with Crippen molar-refractivity contribution >= 4 is 66.0 Å². The number of pyridine rings is 1. The van der Waals surface area contributed by atoms with Gasteiger partial charge in [0, 0.05) is 22.5 Å². The number of benzene rings is 4. The molecular formula is C31H22N6OS2. The number of nitrogens with one attached hydrogen (secondary N) is 1. The van der Waals surface area contributed by atoms with Crippen LogP contribution in [0, 0.1) is 6.92 Å². The van der Waals surface area contributed by atoms with E-state index in [9.17, 15) is 4.79 Å². The molecule has 7 rings (SSSR count). The molecule has 0 unspecified atom stereocenters. The molecule has 0 aliphatic heterocycles. The van der Waals surface area contributed by atoms with Gasteiger partial charge in [0.25, 0.3) is 0 Å². The summed E-state index contributed by atoms with van der Waals surface area (Å²) in [6, 6.07) is 30.5. The van der Waals surface area contributed by atoms with E-state index in [-0.39, 0.29) is 11.7 Å². The Hall–Kier alpha value is -4.60. The maximum Gasteiger partial charge on any atom is 0.236 e. The van der Waals surface area contributed by atoms with E-state index in [4.69, 9.17) is 0 Å². The minimum absolute atomic E-state index is 0.147. The molecule has 0 fully saturated rings. The van der Waals surface area contributed by atoms with Gasteiger partial charge in [-0.2, -0.15) is 0 Å². The van der Waals surface area contributed by atoms with E-state index in [2.05, 4.69) is 61.9 Å². The number of hydrogen-bond donors (Lipinski definition) is 1. The topological polar surface area (TPSA) is 85.6 Å². The monoisotopic (exact) mass is 558 g/mol. The normalized spacial score (nSPS) is 11.4. The van der Waals surface area contributed by atoms with Crippen molar-refractivity contribution in [2.45, 2.75) is 12.1 Å². The Morgan fingerprint density at radius 1 is 0.900 bits per heavy atom. The van der Waals surface area contributed by atoms with Crippen molar-refractivity contribution in [3.8, 4) is 17.1 Å². The molecule has 0 aliphatic rings. The number of aryl methyl sites for hydroxylation is 1. The van der Waals surface area contributed by atoms with Gasteiger partial charge in [0.1, 0.15) is 0 Å². The van der Waals surface area contributed by atoms with Crippen LogP contribution in [0.5, 0.6) is 0 Å². The Morgan fingerprint density at radius 2 is 1.75 bits per heavy atom. The minimum Gasteiger partial charge on any atom is -0.301 e. The zero-order chi connectivity index (χ0) is 27.1. The molecule has 0 saturated heterocycles. The summed E-state index contributed by atoms with van der Waals surface area (Å²) < 4.78 is 3.09. The van der Waals surface area contributed by atoms with E-state index >= 15 is 0 Å². The van der Waals surface area contributed by atoms with Crippen molar-refractivity contribution < 1.29 is 4.79 Å². The number of thiazole rings is 1. The molecule has 0 saturated carbocycles. The highest BCUT2D eigenvalue weighted by molar-refractivity contribution is 7.99. The maximum absolute atomic E-state index is 13.0. The molecule has 1 N–H and O–H groups in total. The second-order valence-corrected chi connectivity index (χ2v) is 11.4. The molecule has 7 nitrogen and oxygen atoms in total. The van der Waals surface area contributed by atoms with E-state index < -0.39 is 0 Å². The minimum atomic E-state index is -0.147. The third kappa shape index (κ3) is 4.59. The smallest absolute Gasteiger partial charge is 0.236 e. The molecule has 4 aromatic carbocycles. The quantitative estimate of drug-likeness (QED) is 0.216. The van der Waals surface area contributed by atoms with Crippen LogP contribution in [0.1, 0.15) is 5.56 Å². The molecule has 0 bridgehead atoms. The molecule has 0 radical (unpaired) electrons. The first-order chi connectivity index (χ1) is 19.6. The molecule has 0 aliphatic carbocycles. The predicted octanol–water partition coefficient (Wildman–Crippen LogP) is 7.28. The van der Waals surface area contributed by atoms with Crippen LogP contribution in [0.15, 0.2) is 102 Å². The summed E-state index contributed by atoms with van der Waals surface area (Å²) in [7, 11) is 0. The first-order valence-corrected chi connectivity index (χ1v) is 14.5. The highest BCUT2D eigenvalue weighted by atomic mass is 32.2. The van der Waals surface area contributed by atoms with Crippen LogP contribution >= 0.6 is 23.1 Å². The van der Waals surface area contributed by atoms with Crippen molar-refractivity contribution in [3.05, 3.63) is 103 Å². The lowest BCUT2D eigenvalue weighted by atomic mass is 10.1. The second-order valence-electron chi connectivity index (χ2n) is 9.38. The van der Waals surface area contributed by atoms with Gasteiger partial charge in [-0.05, 0) is 60.3 Å². The fourth-order valence-corrected chi connectivity index (χ4v) is 6.48. The van der Waals surface area contributed by atoms with Crippen LogP contribution in [0.3, 0.4) is 0 Å². The van der Waals surface area contributed by atoms with Gasteiger partial charge in [-0.25, -0.2) is 4.98 Å². The average Bonchev–Trinajstić information content (AvgIpc) is 3.58. The van der Waals surface area contributed by atoms with E-state index in [1.807, 2.05) is 66.1 Å². The summed E-state index contributed by atoms with van der Waals surface area (Å²) in [6.07, 6.45) is 1.79. The van der Waals surface area contributed by atoms with Crippen LogP contribution in [-0.4, -0.2) is 36.4 Å². The molecule has 7 aromatic rings. The molecular weight excluding hydrogens is 537 g/mol. The van der Waals surface area contributed by atoms with E-state index in [0.29, 0.717) is 16.1 Å². The van der Waals surface area contributed by atoms with Crippen LogP contribution in [0.2, 0.25) is 0 Å². The Kier molecular flexibility index (Phi) is 6.22. The number of carbonyl (C=O) groups excluding carboxylic acids is 1. The molecule has 9 heteroatoms. The van der Waals surface area contributed by atoms with Crippen molar-refractivity contribution in [3.63, 3.8) is 0 Å². The van der Waals surface area contributed by atoms with Crippen LogP contribution < -0.4 is 5.32 Å².